The molecule has 0 radical (unpaired) electrons. The lowest BCUT2D eigenvalue weighted by Crippen LogP contribution is -2.16. The fraction of sp³-hybridized carbons (Fsp3) is 0.222. The lowest BCUT2D eigenvalue weighted by molar-refractivity contribution is 0.429. The summed E-state index contributed by atoms with van der Waals surface area (Å²) in [5, 5.41) is 1.16. The molecule has 4 rings (SSSR count). The molecule has 0 fully saturated rings. The molecule has 4 aromatic rings. The smallest absolute Gasteiger partial charge is 0.128 e. The zero-order valence-corrected chi connectivity index (χ0v) is 13.9. The molecule has 0 aliphatic rings. The molecule has 1 unspecified atom stereocenters. The second-order valence-corrected chi connectivity index (χ2v) is 6.89. The summed E-state index contributed by atoms with van der Waals surface area (Å²) in [4.78, 5) is 17.7. The minimum absolute atomic E-state index is 0.377. The first-order valence-corrected chi connectivity index (χ1v) is 8.74. The van der Waals surface area contributed by atoms with Crippen LogP contribution in [0.25, 0.3) is 10.2 Å². The van der Waals surface area contributed by atoms with Crippen molar-refractivity contribution in [3.8, 4) is 0 Å². The van der Waals surface area contributed by atoms with E-state index in [4.69, 9.17) is 4.98 Å². The fourth-order valence-electron chi connectivity index (χ4n) is 2.84. The van der Waals surface area contributed by atoms with Crippen LogP contribution in [0.5, 0.6) is 0 Å². The maximum atomic E-state index is 4.78. The topological polar surface area (TPSA) is 56.5 Å². The van der Waals surface area contributed by atoms with Crippen molar-refractivity contribution in [2.45, 2.75) is 19.4 Å². The van der Waals surface area contributed by atoms with Gasteiger partial charge in [0.25, 0.3) is 0 Å². The molecule has 0 saturated carbocycles. The van der Waals surface area contributed by atoms with Crippen LogP contribution in [0.15, 0.2) is 61.4 Å². The number of fused-ring (bicyclic) bond motifs is 1. The van der Waals surface area contributed by atoms with E-state index in [1.165, 1.54) is 4.70 Å². The Morgan fingerprint density at radius 2 is 1.88 bits per heavy atom. The Bertz CT molecular complexity index is 868. The van der Waals surface area contributed by atoms with E-state index < -0.39 is 0 Å². The average Bonchev–Trinajstić information content (AvgIpc) is 3.24. The molecule has 120 valence electrons. The van der Waals surface area contributed by atoms with Gasteiger partial charge in [-0.15, -0.1) is 11.3 Å². The number of imidazole rings is 1. The van der Waals surface area contributed by atoms with Crippen molar-refractivity contribution in [1.82, 2.24) is 24.5 Å². The van der Waals surface area contributed by atoms with Crippen LogP contribution in [0.4, 0.5) is 0 Å². The van der Waals surface area contributed by atoms with E-state index in [0.29, 0.717) is 5.92 Å². The molecule has 0 saturated heterocycles. The highest BCUT2D eigenvalue weighted by atomic mass is 32.1. The van der Waals surface area contributed by atoms with Crippen LogP contribution in [0.2, 0.25) is 0 Å². The Morgan fingerprint density at radius 3 is 2.67 bits per heavy atom. The molecule has 0 amide bonds. The summed E-state index contributed by atoms with van der Waals surface area (Å²) in [6.07, 6.45) is 11.0. The van der Waals surface area contributed by atoms with Gasteiger partial charge in [0.15, 0.2) is 0 Å². The first-order valence-electron chi connectivity index (χ1n) is 7.93. The summed E-state index contributed by atoms with van der Waals surface area (Å²) in [5.74, 6) is 1.26. The van der Waals surface area contributed by atoms with Gasteiger partial charge in [-0.05, 0) is 24.1 Å². The third kappa shape index (κ3) is 3.49. The summed E-state index contributed by atoms with van der Waals surface area (Å²) in [6, 6.07) is 10.1. The number of hydrogen-bond acceptors (Lipinski definition) is 5. The number of aromatic nitrogens is 5. The minimum atomic E-state index is 0.377. The number of rotatable bonds is 6. The lowest BCUT2D eigenvalue weighted by Gasteiger charge is -2.15. The number of para-hydroxylation sites is 1. The Morgan fingerprint density at radius 1 is 1.00 bits per heavy atom. The van der Waals surface area contributed by atoms with E-state index >= 15 is 0 Å². The Labute approximate surface area is 144 Å². The van der Waals surface area contributed by atoms with E-state index in [1.807, 2.05) is 30.9 Å². The van der Waals surface area contributed by atoms with Crippen molar-refractivity contribution >= 4 is 21.6 Å². The molecule has 1 atom stereocenters. The number of hydrogen-bond donors (Lipinski definition) is 0. The molecule has 0 N–H and O–H groups in total. The van der Waals surface area contributed by atoms with Crippen molar-refractivity contribution in [1.29, 1.82) is 0 Å². The summed E-state index contributed by atoms with van der Waals surface area (Å²) in [7, 11) is 0. The van der Waals surface area contributed by atoms with Gasteiger partial charge >= 0.3 is 0 Å². The molecule has 5 nitrogen and oxygen atoms in total. The van der Waals surface area contributed by atoms with Gasteiger partial charge in [-0.1, -0.05) is 12.1 Å². The maximum absolute atomic E-state index is 4.78. The van der Waals surface area contributed by atoms with Gasteiger partial charge in [-0.3, -0.25) is 0 Å². The van der Waals surface area contributed by atoms with Crippen molar-refractivity contribution in [3.63, 3.8) is 0 Å². The van der Waals surface area contributed by atoms with Crippen LogP contribution in [0.3, 0.4) is 0 Å². The van der Waals surface area contributed by atoms with Gasteiger partial charge in [0, 0.05) is 44.2 Å². The normalized spacial score (nSPS) is 12.5. The number of benzene rings is 1. The highest BCUT2D eigenvalue weighted by Crippen LogP contribution is 2.25. The van der Waals surface area contributed by atoms with Gasteiger partial charge < -0.3 is 4.57 Å². The zero-order valence-electron chi connectivity index (χ0n) is 13.1. The minimum Gasteiger partial charge on any atom is -0.337 e. The molecular weight excluding hydrogens is 318 g/mol. The van der Waals surface area contributed by atoms with E-state index in [1.54, 1.807) is 23.7 Å². The van der Waals surface area contributed by atoms with Crippen LogP contribution in [0, 0.1) is 5.92 Å². The molecule has 3 heterocycles. The molecule has 3 aromatic heterocycles. The molecule has 0 aliphatic heterocycles. The molecule has 0 bridgehead atoms. The third-order valence-corrected chi connectivity index (χ3v) is 4.98. The summed E-state index contributed by atoms with van der Waals surface area (Å²) >= 11 is 1.77. The SMILES string of the molecule is c1cnc(CC(Cc2nc3ccccc3s2)Cn2ccnc2)nc1. The quantitative estimate of drug-likeness (QED) is 0.542. The Kier molecular flexibility index (Phi) is 4.29. The average molecular weight is 335 g/mol. The summed E-state index contributed by atoms with van der Waals surface area (Å²) < 4.78 is 3.35. The summed E-state index contributed by atoms with van der Waals surface area (Å²) in [6.45, 7) is 0.883. The second kappa shape index (κ2) is 6.88. The maximum Gasteiger partial charge on any atom is 0.128 e. The first kappa shape index (κ1) is 15.0. The van der Waals surface area contributed by atoms with Crippen LogP contribution < -0.4 is 0 Å². The highest BCUT2D eigenvalue weighted by molar-refractivity contribution is 7.18. The van der Waals surface area contributed by atoms with Gasteiger partial charge in [-0.2, -0.15) is 0 Å². The molecule has 6 heteroatoms. The lowest BCUT2D eigenvalue weighted by atomic mass is 10.0. The largest absolute Gasteiger partial charge is 0.337 e. The van der Waals surface area contributed by atoms with Crippen molar-refractivity contribution in [2.75, 3.05) is 0 Å². The molecular formula is C18H17N5S. The van der Waals surface area contributed by atoms with Crippen LogP contribution in [-0.4, -0.2) is 24.5 Å². The van der Waals surface area contributed by atoms with Gasteiger partial charge in [0.2, 0.25) is 0 Å². The van der Waals surface area contributed by atoms with E-state index in [0.717, 1.165) is 35.7 Å². The van der Waals surface area contributed by atoms with Crippen molar-refractivity contribution in [2.24, 2.45) is 5.92 Å². The molecule has 0 aliphatic carbocycles. The number of nitrogens with zero attached hydrogens (tertiary/aromatic N) is 5. The Balaban J connectivity index is 1.56. The Hall–Kier alpha value is -2.60. The van der Waals surface area contributed by atoms with Crippen molar-refractivity contribution < 1.29 is 0 Å². The predicted molar refractivity (Wildman–Crippen MR) is 94.8 cm³/mol. The van der Waals surface area contributed by atoms with E-state index in [9.17, 15) is 0 Å². The third-order valence-electron chi connectivity index (χ3n) is 3.92. The number of thiazole rings is 1. The summed E-state index contributed by atoms with van der Waals surface area (Å²) in [5.41, 5.74) is 1.08. The standard InChI is InChI=1S/C18H17N5S/c1-2-5-16-15(4-1)22-18(24-16)11-14(12-23-9-8-19-13-23)10-17-20-6-3-7-21-17/h1-9,13-14H,10-12H2. The van der Waals surface area contributed by atoms with Gasteiger partial charge in [-0.25, -0.2) is 19.9 Å². The van der Waals surface area contributed by atoms with Crippen LogP contribution >= 0.6 is 11.3 Å². The molecule has 1 aromatic carbocycles. The highest BCUT2D eigenvalue weighted by Gasteiger charge is 2.16. The van der Waals surface area contributed by atoms with E-state index in [-0.39, 0.29) is 0 Å². The van der Waals surface area contributed by atoms with Crippen molar-refractivity contribution in [3.05, 3.63) is 72.3 Å². The monoisotopic (exact) mass is 335 g/mol. The van der Waals surface area contributed by atoms with Gasteiger partial charge in [0.1, 0.15) is 5.82 Å². The second-order valence-electron chi connectivity index (χ2n) is 5.77. The zero-order chi connectivity index (χ0) is 16.2. The molecule has 24 heavy (non-hydrogen) atoms. The van der Waals surface area contributed by atoms with Gasteiger partial charge in [0.05, 0.1) is 21.6 Å². The van der Waals surface area contributed by atoms with Crippen LogP contribution in [-0.2, 0) is 19.4 Å². The first-order chi connectivity index (χ1) is 11.9. The fourth-order valence-corrected chi connectivity index (χ4v) is 3.92. The van der Waals surface area contributed by atoms with Crippen LogP contribution in [0.1, 0.15) is 10.8 Å². The predicted octanol–water partition coefficient (Wildman–Crippen LogP) is 3.38. The van der Waals surface area contributed by atoms with E-state index in [2.05, 4.69) is 37.7 Å². The molecule has 0 spiro atoms.